The lowest BCUT2D eigenvalue weighted by molar-refractivity contribution is -0.337. The molecule has 3 fully saturated rings. The first-order chi connectivity index (χ1) is 13.5. The molecule has 3 aliphatic rings. The van der Waals surface area contributed by atoms with Crippen molar-refractivity contribution in [2.24, 2.45) is 29.6 Å². The van der Waals surface area contributed by atoms with Crippen molar-refractivity contribution in [2.75, 3.05) is 7.11 Å². The molecule has 156 valence electrons. The molecule has 0 aromatic carbocycles. The smallest absolute Gasteiger partial charge is 0.373 e. The lowest BCUT2D eigenvalue weighted by Gasteiger charge is -2.51. The van der Waals surface area contributed by atoms with Crippen LogP contribution >= 0.6 is 0 Å². The molecule has 1 aromatic heterocycles. The number of esters is 1. The van der Waals surface area contributed by atoms with E-state index in [0.717, 1.165) is 12.3 Å². The first kappa shape index (κ1) is 19.9. The largest absolute Gasteiger partial charge is 0.463 e. The molecule has 6 heteroatoms. The maximum Gasteiger partial charge on any atom is 0.373 e. The van der Waals surface area contributed by atoms with Gasteiger partial charge >= 0.3 is 5.97 Å². The zero-order valence-electron chi connectivity index (χ0n) is 17.3. The summed E-state index contributed by atoms with van der Waals surface area (Å²) in [7, 11) is 1.33. The van der Waals surface area contributed by atoms with Gasteiger partial charge in [0.15, 0.2) is 12.6 Å². The molecular formula is C22H32O6. The second kappa shape index (κ2) is 8.17. The van der Waals surface area contributed by atoms with Crippen LogP contribution in [0.15, 0.2) is 16.5 Å². The van der Waals surface area contributed by atoms with Gasteiger partial charge in [-0.3, -0.25) is 0 Å². The van der Waals surface area contributed by atoms with Crippen LogP contribution < -0.4 is 0 Å². The summed E-state index contributed by atoms with van der Waals surface area (Å²) in [5.41, 5.74) is 0. The monoisotopic (exact) mass is 392 g/mol. The van der Waals surface area contributed by atoms with Crippen LogP contribution in [-0.2, 0) is 25.6 Å². The Morgan fingerprint density at radius 1 is 1.07 bits per heavy atom. The highest BCUT2D eigenvalue weighted by Gasteiger charge is 2.52. The number of furan rings is 1. The van der Waals surface area contributed by atoms with E-state index in [1.165, 1.54) is 26.4 Å². The third-order valence-electron chi connectivity index (χ3n) is 7.07. The Hall–Kier alpha value is -1.37. The number of carbonyl (C=O) groups excluding carboxylic acids is 1. The topological polar surface area (TPSA) is 67.1 Å². The van der Waals surface area contributed by atoms with Crippen LogP contribution in [0.1, 0.15) is 62.8 Å². The van der Waals surface area contributed by atoms with Crippen molar-refractivity contribution < 1.29 is 28.2 Å². The number of carbonyl (C=O) groups is 1. The molecule has 2 aliphatic heterocycles. The van der Waals surface area contributed by atoms with Crippen LogP contribution in [0.25, 0.3) is 0 Å². The van der Waals surface area contributed by atoms with E-state index < -0.39 is 5.97 Å². The van der Waals surface area contributed by atoms with Gasteiger partial charge in [0.1, 0.15) is 12.4 Å². The molecule has 8 atom stereocenters. The fourth-order valence-corrected chi connectivity index (χ4v) is 5.47. The van der Waals surface area contributed by atoms with Crippen molar-refractivity contribution >= 4 is 5.97 Å². The average Bonchev–Trinajstić information content (AvgIpc) is 3.09. The van der Waals surface area contributed by atoms with Crippen molar-refractivity contribution in [3.63, 3.8) is 0 Å². The van der Waals surface area contributed by atoms with Gasteiger partial charge in [-0.2, -0.15) is 0 Å². The Kier molecular flexibility index (Phi) is 5.81. The SMILES string of the molecule is COC(=O)c1ccc(COC2OC3O[C@@H](C)CCC4C3C(CC[C@H]4C)[C@H]2C)o1. The van der Waals surface area contributed by atoms with Gasteiger partial charge in [-0.1, -0.05) is 20.3 Å². The van der Waals surface area contributed by atoms with E-state index in [1.54, 1.807) is 12.1 Å². The summed E-state index contributed by atoms with van der Waals surface area (Å²) in [6, 6.07) is 3.35. The Balaban J connectivity index is 1.46. The highest BCUT2D eigenvalue weighted by atomic mass is 16.8. The quantitative estimate of drug-likeness (QED) is 0.709. The van der Waals surface area contributed by atoms with Crippen LogP contribution in [-0.4, -0.2) is 31.8 Å². The minimum atomic E-state index is -0.486. The van der Waals surface area contributed by atoms with Crippen molar-refractivity contribution in [2.45, 2.75) is 71.7 Å². The summed E-state index contributed by atoms with van der Waals surface area (Å²) in [5.74, 6) is 2.99. The molecule has 1 saturated carbocycles. The number of hydrogen-bond acceptors (Lipinski definition) is 6. The Morgan fingerprint density at radius 2 is 1.86 bits per heavy atom. The van der Waals surface area contributed by atoms with Gasteiger partial charge in [0, 0.05) is 11.8 Å². The maximum atomic E-state index is 11.6. The average molecular weight is 392 g/mol. The fraction of sp³-hybridized carbons (Fsp3) is 0.773. The van der Waals surface area contributed by atoms with Gasteiger partial charge < -0.3 is 23.4 Å². The molecule has 28 heavy (non-hydrogen) atoms. The van der Waals surface area contributed by atoms with Gasteiger partial charge in [-0.05, 0) is 56.1 Å². The normalized spacial score (nSPS) is 40.4. The summed E-state index contributed by atoms with van der Waals surface area (Å²) >= 11 is 0. The van der Waals surface area contributed by atoms with Gasteiger partial charge in [-0.25, -0.2) is 4.79 Å². The molecule has 0 bridgehead atoms. The molecule has 0 amide bonds. The summed E-state index contributed by atoms with van der Waals surface area (Å²) in [6.07, 6.45) is 4.48. The Labute approximate surface area is 166 Å². The van der Waals surface area contributed by atoms with E-state index >= 15 is 0 Å². The zero-order chi connectivity index (χ0) is 19.8. The van der Waals surface area contributed by atoms with E-state index in [0.29, 0.717) is 29.4 Å². The molecule has 3 heterocycles. The molecule has 0 N–H and O–H groups in total. The molecule has 6 nitrogen and oxygen atoms in total. The van der Waals surface area contributed by atoms with Crippen molar-refractivity contribution in [1.82, 2.24) is 0 Å². The molecule has 2 saturated heterocycles. The fourth-order valence-electron chi connectivity index (χ4n) is 5.47. The number of hydrogen-bond donors (Lipinski definition) is 0. The number of ether oxygens (including phenoxy) is 4. The summed E-state index contributed by atoms with van der Waals surface area (Å²) in [5, 5.41) is 0. The van der Waals surface area contributed by atoms with Gasteiger partial charge in [0.25, 0.3) is 0 Å². The van der Waals surface area contributed by atoms with Crippen molar-refractivity contribution in [3.05, 3.63) is 23.7 Å². The minimum Gasteiger partial charge on any atom is -0.463 e. The second-order valence-corrected chi connectivity index (χ2v) is 8.78. The molecular weight excluding hydrogens is 360 g/mol. The van der Waals surface area contributed by atoms with Crippen LogP contribution in [0.2, 0.25) is 0 Å². The highest BCUT2D eigenvalue weighted by molar-refractivity contribution is 5.86. The van der Waals surface area contributed by atoms with E-state index in [1.807, 2.05) is 0 Å². The Morgan fingerprint density at radius 3 is 2.64 bits per heavy atom. The Bertz CT molecular complexity index is 684. The standard InChI is InChI=1S/C22H32O6/c1-12-5-8-17-14(3)21(25-11-15-7-10-18(27-15)20(23)24-4)28-22-19(17)16(12)9-6-13(2)26-22/h7,10,12-14,16-17,19,21-22H,5-6,8-9,11H2,1-4H3/t12-,13+,14-,16?,17?,19?,21?,22?/m1/s1. The van der Waals surface area contributed by atoms with E-state index in [2.05, 4.69) is 25.5 Å². The van der Waals surface area contributed by atoms with Crippen molar-refractivity contribution in [3.8, 4) is 0 Å². The van der Waals surface area contributed by atoms with Gasteiger partial charge in [0.2, 0.25) is 5.76 Å². The molecule has 5 unspecified atom stereocenters. The van der Waals surface area contributed by atoms with Gasteiger partial charge in [-0.15, -0.1) is 0 Å². The third kappa shape index (κ3) is 3.74. The predicted octanol–water partition coefficient (Wildman–Crippen LogP) is 4.38. The van der Waals surface area contributed by atoms with E-state index in [4.69, 9.17) is 18.6 Å². The summed E-state index contributed by atoms with van der Waals surface area (Å²) < 4.78 is 29.0. The van der Waals surface area contributed by atoms with Crippen molar-refractivity contribution in [1.29, 1.82) is 0 Å². The lowest BCUT2D eigenvalue weighted by Crippen LogP contribution is -2.53. The zero-order valence-corrected chi connectivity index (χ0v) is 17.3. The number of rotatable bonds is 4. The predicted molar refractivity (Wildman–Crippen MR) is 101 cm³/mol. The lowest BCUT2D eigenvalue weighted by atomic mass is 9.61. The van der Waals surface area contributed by atoms with Crippen LogP contribution in [0.4, 0.5) is 0 Å². The first-order valence-corrected chi connectivity index (χ1v) is 10.6. The molecule has 0 spiro atoms. The van der Waals surface area contributed by atoms with Gasteiger partial charge in [0.05, 0.1) is 13.2 Å². The van der Waals surface area contributed by atoms with E-state index in [9.17, 15) is 4.79 Å². The maximum absolute atomic E-state index is 11.6. The first-order valence-electron chi connectivity index (χ1n) is 10.6. The minimum absolute atomic E-state index is 0.184. The molecule has 4 rings (SSSR count). The van der Waals surface area contributed by atoms with Crippen LogP contribution in [0.5, 0.6) is 0 Å². The molecule has 1 aliphatic carbocycles. The third-order valence-corrected chi connectivity index (χ3v) is 7.07. The second-order valence-electron chi connectivity index (χ2n) is 8.78. The van der Waals surface area contributed by atoms with Crippen LogP contribution in [0.3, 0.4) is 0 Å². The summed E-state index contributed by atoms with van der Waals surface area (Å²) in [6.45, 7) is 7.02. The molecule has 0 radical (unpaired) electrons. The number of methoxy groups -OCH3 is 1. The van der Waals surface area contributed by atoms with Crippen LogP contribution in [0, 0.1) is 29.6 Å². The highest BCUT2D eigenvalue weighted by Crippen LogP contribution is 2.52. The molecule has 1 aromatic rings. The summed E-state index contributed by atoms with van der Waals surface area (Å²) in [4.78, 5) is 11.6. The van der Waals surface area contributed by atoms with E-state index in [-0.39, 0.29) is 31.1 Å².